The van der Waals surface area contributed by atoms with Gasteiger partial charge in [0.05, 0.1) is 18.1 Å². The summed E-state index contributed by atoms with van der Waals surface area (Å²) in [5.74, 6) is 1.48. The molecule has 4 aliphatic carbocycles. The van der Waals surface area contributed by atoms with Crippen LogP contribution < -0.4 is 0 Å². The van der Waals surface area contributed by atoms with Crippen molar-refractivity contribution in [3.8, 4) is 0 Å². The van der Waals surface area contributed by atoms with Gasteiger partial charge < -0.3 is 4.42 Å². The standard InChI is InChI=1S/C16H13BrN2O3/c17-12-4-1-7(22-12)6-18-19-15(20)13-8-2-3-9(11-5-10(8)11)14(13)16(19)21/h1-4,6,8-11,13-14H,5H2/t8-,9-,10-,11-,13-,14+/m0/s1. The van der Waals surface area contributed by atoms with Crippen LogP contribution in [0.5, 0.6) is 0 Å². The number of rotatable bonds is 2. The Hall–Kier alpha value is -1.69. The molecule has 2 amide bonds. The van der Waals surface area contributed by atoms with Crippen LogP contribution in [0.3, 0.4) is 0 Å². The van der Waals surface area contributed by atoms with E-state index in [1.807, 2.05) is 0 Å². The van der Waals surface area contributed by atoms with Crippen molar-refractivity contribution in [3.63, 3.8) is 0 Å². The number of imide groups is 1. The maximum atomic E-state index is 12.6. The van der Waals surface area contributed by atoms with Crippen LogP contribution in [-0.2, 0) is 9.59 Å². The molecule has 2 bridgehead atoms. The van der Waals surface area contributed by atoms with E-state index in [1.54, 1.807) is 12.1 Å². The molecule has 0 N–H and O–H groups in total. The van der Waals surface area contributed by atoms with Crippen LogP contribution in [0, 0.1) is 35.5 Å². The Morgan fingerprint density at radius 2 is 1.77 bits per heavy atom. The SMILES string of the molecule is O=C1[C@@H]2[C@H]3C=C[C@@H]([C@@H]4C[C@@H]34)[C@@H]2C(=O)N1N=Cc1ccc(Br)o1. The highest BCUT2D eigenvalue weighted by Gasteiger charge is 2.67. The molecule has 1 saturated heterocycles. The minimum absolute atomic E-state index is 0.151. The first kappa shape index (κ1) is 12.8. The predicted octanol–water partition coefficient (Wildman–Crippen LogP) is 2.43. The van der Waals surface area contributed by atoms with Gasteiger partial charge in [-0.15, -0.1) is 0 Å². The van der Waals surface area contributed by atoms with Gasteiger partial charge in [0.2, 0.25) is 0 Å². The predicted molar refractivity (Wildman–Crippen MR) is 80.6 cm³/mol. The van der Waals surface area contributed by atoms with Crippen LogP contribution in [0.4, 0.5) is 0 Å². The number of hydrazone groups is 1. The zero-order valence-electron chi connectivity index (χ0n) is 11.6. The van der Waals surface area contributed by atoms with E-state index >= 15 is 0 Å². The van der Waals surface area contributed by atoms with Crippen molar-refractivity contribution in [2.24, 2.45) is 40.6 Å². The van der Waals surface area contributed by atoms with E-state index in [9.17, 15) is 9.59 Å². The van der Waals surface area contributed by atoms with Crippen molar-refractivity contribution in [3.05, 3.63) is 34.7 Å². The van der Waals surface area contributed by atoms with Crippen molar-refractivity contribution in [1.29, 1.82) is 0 Å². The van der Waals surface area contributed by atoms with E-state index in [0.717, 1.165) is 5.01 Å². The first-order valence-electron chi connectivity index (χ1n) is 7.50. The number of carbonyl (C=O) groups excluding carboxylic acids is 2. The molecule has 6 heteroatoms. The molecule has 2 saturated carbocycles. The van der Waals surface area contributed by atoms with Gasteiger partial charge in [-0.05, 0) is 58.2 Å². The average molecular weight is 361 g/mol. The summed E-state index contributed by atoms with van der Waals surface area (Å²) >= 11 is 3.21. The second kappa shape index (κ2) is 4.19. The lowest BCUT2D eigenvalue weighted by Crippen LogP contribution is -2.40. The fourth-order valence-corrected chi connectivity index (χ4v) is 4.89. The highest BCUT2D eigenvalue weighted by atomic mass is 79.9. The molecule has 0 aromatic carbocycles. The fourth-order valence-electron chi connectivity index (χ4n) is 4.57. The Balaban J connectivity index is 1.46. The maximum Gasteiger partial charge on any atom is 0.254 e. The van der Waals surface area contributed by atoms with Gasteiger partial charge in [-0.1, -0.05) is 12.2 Å². The molecule has 1 aromatic heterocycles. The number of nitrogens with zero attached hydrogens (tertiary/aromatic N) is 2. The molecule has 0 radical (unpaired) electrons. The lowest BCUT2D eigenvalue weighted by atomic mass is 9.63. The van der Waals surface area contributed by atoms with E-state index in [-0.39, 0.29) is 35.5 Å². The molecular weight excluding hydrogens is 348 g/mol. The molecule has 3 fully saturated rings. The topological polar surface area (TPSA) is 62.9 Å². The number of carbonyl (C=O) groups is 2. The zero-order chi connectivity index (χ0) is 15.0. The molecule has 22 heavy (non-hydrogen) atoms. The zero-order valence-corrected chi connectivity index (χ0v) is 13.1. The Labute approximate surface area is 135 Å². The van der Waals surface area contributed by atoms with E-state index in [0.29, 0.717) is 22.3 Å². The molecule has 6 rings (SSSR count). The van der Waals surface area contributed by atoms with Crippen LogP contribution >= 0.6 is 15.9 Å². The largest absolute Gasteiger partial charge is 0.448 e. The number of amides is 2. The van der Waals surface area contributed by atoms with E-state index in [4.69, 9.17) is 4.42 Å². The van der Waals surface area contributed by atoms with Crippen LogP contribution in [0.2, 0.25) is 0 Å². The van der Waals surface area contributed by atoms with Crippen molar-refractivity contribution in [2.45, 2.75) is 6.42 Å². The molecule has 112 valence electrons. The van der Waals surface area contributed by atoms with Gasteiger partial charge in [0.25, 0.3) is 11.8 Å². The monoisotopic (exact) mass is 360 g/mol. The minimum Gasteiger partial charge on any atom is -0.448 e. The molecule has 0 unspecified atom stereocenters. The van der Waals surface area contributed by atoms with Crippen molar-refractivity contribution in [2.75, 3.05) is 0 Å². The normalized spacial score (nSPS) is 41.4. The minimum atomic E-state index is -0.202. The second-order valence-corrected chi connectivity index (χ2v) is 7.31. The number of furan rings is 1. The third-order valence-electron chi connectivity index (χ3n) is 5.53. The Kier molecular flexibility index (Phi) is 2.44. The summed E-state index contributed by atoms with van der Waals surface area (Å²) in [7, 11) is 0. The summed E-state index contributed by atoms with van der Waals surface area (Å²) < 4.78 is 5.90. The lowest BCUT2D eigenvalue weighted by molar-refractivity contribution is -0.140. The molecule has 2 heterocycles. The molecule has 5 nitrogen and oxygen atoms in total. The number of allylic oxidation sites excluding steroid dienone is 2. The summed E-state index contributed by atoms with van der Waals surface area (Å²) in [4.78, 5) is 25.3. The molecule has 1 aromatic rings. The van der Waals surface area contributed by atoms with Gasteiger partial charge in [-0.25, -0.2) is 0 Å². The summed E-state index contributed by atoms with van der Waals surface area (Å²) in [5.41, 5.74) is 0. The number of hydrogen-bond donors (Lipinski definition) is 0. The van der Waals surface area contributed by atoms with E-state index in [2.05, 4.69) is 33.2 Å². The van der Waals surface area contributed by atoms with Crippen LogP contribution in [-0.4, -0.2) is 23.0 Å². The number of hydrogen-bond acceptors (Lipinski definition) is 4. The van der Waals surface area contributed by atoms with Gasteiger partial charge in [0, 0.05) is 0 Å². The smallest absolute Gasteiger partial charge is 0.254 e. The third-order valence-corrected chi connectivity index (χ3v) is 5.96. The number of halogens is 1. The average Bonchev–Trinajstić information content (AvgIpc) is 3.19. The molecule has 6 atom stereocenters. The Morgan fingerprint density at radius 1 is 1.14 bits per heavy atom. The fraction of sp³-hybridized carbons (Fsp3) is 0.438. The molecule has 5 aliphatic rings. The summed E-state index contributed by atoms with van der Waals surface area (Å²) in [6, 6.07) is 3.47. The van der Waals surface area contributed by atoms with Crippen molar-refractivity contribution < 1.29 is 14.0 Å². The Morgan fingerprint density at radius 3 is 2.32 bits per heavy atom. The van der Waals surface area contributed by atoms with Crippen LogP contribution in [0.25, 0.3) is 0 Å². The maximum absolute atomic E-state index is 12.6. The highest BCUT2D eigenvalue weighted by molar-refractivity contribution is 9.10. The molecule has 0 spiro atoms. The van der Waals surface area contributed by atoms with Gasteiger partial charge >= 0.3 is 0 Å². The van der Waals surface area contributed by atoms with Crippen LogP contribution in [0.1, 0.15) is 12.2 Å². The van der Waals surface area contributed by atoms with Gasteiger partial charge in [-0.3, -0.25) is 9.59 Å². The summed E-state index contributed by atoms with van der Waals surface area (Å²) in [6.07, 6.45) is 6.90. The first-order chi connectivity index (χ1) is 10.6. The van der Waals surface area contributed by atoms with Gasteiger partial charge in [-0.2, -0.15) is 10.1 Å². The first-order valence-corrected chi connectivity index (χ1v) is 8.30. The van der Waals surface area contributed by atoms with Crippen molar-refractivity contribution in [1.82, 2.24) is 5.01 Å². The van der Waals surface area contributed by atoms with Gasteiger partial charge in [0.1, 0.15) is 5.76 Å². The highest BCUT2D eigenvalue weighted by Crippen LogP contribution is 2.65. The third kappa shape index (κ3) is 1.56. The summed E-state index contributed by atoms with van der Waals surface area (Å²) in [5, 5.41) is 5.16. The van der Waals surface area contributed by atoms with Gasteiger partial charge in [0.15, 0.2) is 4.67 Å². The Bertz CT molecular complexity index is 716. The van der Waals surface area contributed by atoms with E-state index < -0.39 is 0 Å². The second-order valence-electron chi connectivity index (χ2n) is 6.53. The molecular formula is C16H13BrN2O3. The molecule has 1 aliphatic heterocycles. The summed E-state index contributed by atoms with van der Waals surface area (Å²) in [6.45, 7) is 0. The van der Waals surface area contributed by atoms with E-state index in [1.165, 1.54) is 12.6 Å². The lowest BCUT2D eigenvalue weighted by Gasteiger charge is -2.37. The van der Waals surface area contributed by atoms with Crippen LogP contribution in [0.15, 0.2) is 38.5 Å². The van der Waals surface area contributed by atoms with Crippen molar-refractivity contribution >= 4 is 34.0 Å². The quantitative estimate of drug-likeness (QED) is 0.462.